The molecule has 0 unspecified atom stereocenters. The molecule has 0 spiro atoms. The molecular formula is C20H24N2O2. The maximum atomic E-state index is 12.4. The van der Waals surface area contributed by atoms with Gasteiger partial charge in [-0.1, -0.05) is 30.3 Å². The molecule has 0 bridgehead atoms. The molecule has 4 heteroatoms. The monoisotopic (exact) mass is 324 g/mol. The van der Waals surface area contributed by atoms with Crippen LogP contribution in [0.2, 0.25) is 0 Å². The highest BCUT2D eigenvalue weighted by atomic mass is 16.5. The van der Waals surface area contributed by atoms with E-state index in [9.17, 15) is 4.79 Å². The topological polar surface area (TPSA) is 41.6 Å². The Hall–Kier alpha value is -2.49. The lowest BCUT2D eigenvalue weighted by atomic mass is 10.1. The summed E-state index contributed by atoms with van der Waals surface area (Å²) >= 11 is 0. The Morgan fingerprint density at radius 1 is 1.12 bits per heavy atom. The quantitative estimate of drug-likeness (QED) is 0.870. The van der Waals surface area contributed by atoms with Gasteiger partial charge in [0.05, 0.1) is 6.54 Å². The lowest BCUT2D eigenvalue weighted by Crippen LogP contribution is -2.40. The van der Waals surface area contributed by atoms with Crippen LogP contribution >= 0.6 is 0 Å². The predicted molar refractivity (Wildman–Crippen MR) is 97.0 cm³/mol. The van der Waals surface area contributed by atoms with E-state index in [2.05, 4.69) is 37.4 Å². The highest BCUT2D eigenvalue weighted by Gasteiger charge is 2.23. The van der Waals surface area contributed by atoms with E-state index < -0.39 is 0 Å². The zero-order valence-electron chi connectivity index (χ0n) is 14.6. The number of nitrogens with one attached hydrogen (secondary N) is 1. The van der Waals surface area contributed by atoms with Crippen molar-refractivity contribution in [2.45, 2.75) is 27.2 Å². The van der Waals surface area contributed by atoms with Crippen LogP contribution < -0.4 is 15.0 Å². The number of para-hydroxylation sites is 1. The number of nitrogens with zero attached hydrogens (tertiary/aromatic N) is 1. The first-order chi connectivity index (χ1) is 11.6. The summed E-state index contributed by atoms with van der Waals surface area (Å²) in [5.41, 5.74) is 5.75. The average Bonchev–Trinajstić information content (AvgIpc) is 3.01. The number of rotatable bonds is 4. The molecule has 0 atom stereocenters. The molecule has 2 aromatic rings. The van der Waals surface area contributed by atoms with Gasteiger partial charge in [-0.3, -0.25) is 4.90 Å². The van der Waals surface area contributed by atoms with Crippen LogP contribution in [0.15, 0.2) is 36.4 Å². The number of aryl methyl sites for hydroxylation is 2. The SMILES string of the molecule is Cc1ccc(C)c(OCCNC(=O)N2CCc3ccccc32)c1C. The van der Waals surface area contributed by atoms with Crippen LogP contribution in [0.5, 0.6) is 5.75 Å². The van der Waals surface area contributed by atoms with Gasteiger partial charge >= 0.3 is 6.03 Å². The van der Waals surface area contributed by atoms with Crippen molar-refractivity contribution >= 4 is 11.7 Å². The van der Waals surface area contributed by atoms with E-state index in [0.29, 0.717) is 13.2 Å². The van der Waals surface area contributed by atoms with Crippen LogP contribution in [0.3, 0.4) is 0 Å². The zero-order valence-corrected chi connectivity index (χ0v) is 14.6. The maximum Gasteiger partial charge on any atom is 0.322 e. The Morgan fingerprint density at radius 2 is 1.88 bits per heavy atom. The van der Waals surface area contributed by atoms with E-state index in [1.54, 1.807) is 4.90 Å². The van der Waals surface area contributed by atoms with Crippen molar-refractivity contribution in [3.05, 3.63) is 58.7 Å². The number of fused-ring (bicyclic) bond motifs is 1. The minimum Gasteiger partial charge on any atom is -0.491 e. The molecule has 4 nitrogen and oxygen atoms in total. The lowest BCUT2D eigenvalue weighted by Gasteiger charge is -2.19. The van der Waals surface area contributed by atoms with E-state index >= 15 is 0 Å². The number of amides is 2. The molecule has 126 valence electrons. The van der Waals surface area contributed by atoms with Gasteiger partial charge in [0.2, 0.25) is 0 Å². The maximum absolute atomic E-state index is 12.4. The Kier molecular flexibility index (Phi) is 4.74. The summed E-state index contributed by atoms with van der Waals surface area (Å²) in [6, 6.07) is 12.2. The summed E-state index contributed by atoms with van der Waals surface area (Å²) < 4.78 is 5.90. The highest BCUT2D eigenvalue weighted by Crippen LogP contribution is 2.27. The van der Waals surface area contributed by atoms with Gasteiger partial charge in [0.1, 0.15) is 12.4 Å². The van der Waals surface area contributed by atoms with Gasteiger partial charge < -0.3 is 10.1 Å². The van der Waals surface area contributed by atoms with Gasteiger partial charge in [-0.05, 0) is 55.5 Å². The van der Waals surface area contributed by atoms with Gasteiger partial charge in [0, 0.05) is 12.2 Å². The van der Waals surface area contributed by atoms with Gasteiger partial charge in [0.15, 0.2) is 0 Å². The predicted octanol–water partition coefficient (Wildman–Crippen LogP) is 3.76. The van der Waals surface area contributed by atoms with E-state index in [1.165, 1.54) is 11.1 Å². The molecule has 0 aromatic heterocycles. The molecule has 0 saturated heterocycles. The van der Waals surface area contributed by atoms with Crippen LogP contribution in [0.4, 0.5) is 10.5 Å². The Morgan fingerprint density at radius 3 is 2.71 bits per heavy atom. The Bertz CT molecular complexity index is 755. The third-order valence-corrected chi connectivity index (χ3v) is 4.63. The molecule has 1 aliphatic heterocycles. The van der Waals surface area contributed by atoms with E-state index in [1.807, 2.05) is 25.1 Å². The summed E-state index contributed by atoms with van der Waals surface area (Å²) in [5, 5.41) is 2.95. The summed E-state index contributed by atoms with van der Waals surface area (Å²) in [6.07, 6.45) is 0.918. The first-order valence-electron chi connectivity index (χ1n) is 8.41. The van der Waals surface area contributed by atoms with Crippen molar-refractivity contribution in [2.75, 3.05) is 24.6 Å². The Labute approximate surface area is 143 Å². The molecule has 0 saturated carbocycles. The molecule has 24 heavy (non-hydrogen) atoms. The fourth-order valence-electron chi connectivity index (χ4n) is 3.10. The molecule has 0 radical (unpaired) electrons. The van der Waals surface area contributed by atoms with Crippen molar-refractivity contribution < 1.29 is 9.53 Å². The molecular weight excluding hydrogens is 300 g/mol. The normalized spacial score (nSPS) is 12.9. The molecule has 1 heterocycles. The van der Waals surface area contributed by atoms with Crippen molar-refractivity contribution in [2.24, 2.45) is 0 Å². The van der Waals surface area contributed by atoms with Crippen molar-refractivity contribution in [1.29, 1.82) is 0 Å². The molecule has 3 rings (SSSR count). The van der Waals surface area contributed by atoms with Gasteiger partial charge in [0.25, 0.3) is 0 Å². The second-order valence-corrected chi connectivity index (χ2v) is 6.26. The average molecular weight is 324 g/mol. The van der Waals surface area contributed by atoms with Crippen LogP contribution in [0, 0.1) is 20.8 Å². The number of ether oxygens (including phenoxy) is 1. The molecule has 1 aliphatic rings. The van der Waals surface area contributed by atoms with Crippen molar-refractivity contribution in [1.82, 2.24) is 5.32 Å². The molecule has 2 amide bonds. The second-order valence-electron chi connectivity index (χ2n) is 6.26. The number of urea groups is 1. The second kappa shape index (κ2) is 6.95. The first-order valence-corrected chi connectivity index (χ1v) is 8.41. The van der Waals surface area contributed by atoms with Crippen LogP contribution in [0.25, 0.3) is 0 Å². The molecule has 0 fully saturated rings. The standard InChI is InChI=1S/C20H24N2O2/c1-14-8-9-15(2)19(16(14)3)24-13-11-21-20(23)22-12-10-17-6-4-5-7-18(17)22/h4-9H,10-13H2,1-3H3,(H,21,23). The fraction of sp³-hybridized carbons (Fsp3) is 0.350. The number of hydrogen-bond donors (Lipinski definition) is 1. The van der Waals surface area contributed by atoms with Crippen LogP contribution in [0.1, 0.15) is 22.3 Å². The van der Waals surface area contributed by atoms with E-state index in [4.69, 9.17) is 4.74 Å². The largest absolute Gasteiger partial charge is 0.491 e. The number of carbonyl (C=O) groups excluding carboxylic acids is 1. The summed E-state index contributed by atoms with van der Waals surface area (Å²) in [6.45, 7) is 7.88. The fourth-order valence-corrected chi connectivity index (χ4v) is 3.10. The summed E-state index contributed by atoms with van der Waals surface area (Å²) in [5.74, 6) is 0.927. The molecule has 1 N–H and O–H groups in total. The van der Waals surface area contributed by atoms with E-state index in [0.717, 1.165) is 35.5 Å². The van der Waals surface area contributed by atoms with Gasteiger partial charge in [-0.2, -0.15) is 0 Å². The number of anilines is 1. The smallest absolute Gasteiger partial charge is 0.322 e. The molecule has 2 aromatic carbocycles. The zero-order chi connectivity index (χ0) is 17.1. The van der Waals surface area contributed by atoms with Crippen LogP contribution in [-0.2, 0) is 6.42 Å². The lowest BCUT2D eigenvalue weighted by molar-refractivity contribution is 0.242. The third kappa shape index (κ3) is 3.23. The molecule has 0 aliphatic carbocycles. The van der Waals surface area contributed by atoms with Gasteiger partial charge in [-0.15, -0.1) is 0 Å². The van der Waals surface area contributed by atoms with Crippen molar-refractivity contribution in [3.63, 3.8) is 0 Å². The highest BCUT2D eigenvalue weighted by molar-refractivity contribution is 5.94. The van der Waals surface area contributed by atoms with E-state index in [-0.39, 0.29) is 6.03 Å². The van der Waals surface area contributed by atoms with Gasteiger partial charge in [-0.25, -0.2) is 4.79 Å². The van der Waals surface area contributed by atoms with Crippen molar-refractivity contribution in [3.8, 4) is 5.75 Å². The third-order valence-electron chi connectivity index (χ3n) is 4.63. The number of hydrogen-bond acceptors (Lipinski definition) is 2. The van der Waals surface area contributed by atoms with Crippen LogP contribution in [-0.4, -0.2) is 25.7 Å². The minimum atomic E-state index is -0.0544. The first kappa shape index (κ1) is 16.4. The number of benzene rings is 2. The Balaban J connectivity index is 1.53. The number of carbonyl (C=O) groups is 1. The minimum absolute atomic E-state index is 0.0544. The summed E-state index contributed by atoms with van der Waals surface area (Å²) in [4.78, 5) is 14.2. The summed E-state index contributed by atoms with van der Waals surface area (Å²) in [7, 11) is 0.